The molecule has 0 bridgehead atoms. The van der Waals surface area contributed by atoms with Crippen molar-refractivity contribution < 1.29 is 14.3 Å². The molecular formula is C27H36N4O3. The van der Waals surface area contributed by atoms with Crippen LogP contribution in [0.5, 0.6) is 5.75 Å². The number of piperazine rings is 1. The summed E-state index contributed by atoms with van der Waals surface area (Å²) in [5.41, 5.74) is 2.59. The van der Waals surface area contributed by atoms with Crippen LogP contribution in [0.4, 0.5) is 5.69 Å². The Morgan fingerprint density at radius 2 is 1.68 bits per heavy atom. The van der Waals surface area contributed by atoms with Gasteiger partial charge in [-0.05, 0) is 49.6 Å². The normalized spacial score (nSPS) is 17.4. The Bertz CT molecular complexity index is 936. The van der Waals surface area contributed by atoms with Gasteiger partial charge in [0.2, 0.25) is 5.91 Å². The summed E-state index contributed by atoms with van der Waals surface area (Å²) in [6.07, 6.45) is 1.41. The molecule has 2 aromatic rings. The van der Waals surface area contributed by atoms with Gasteiger partial charge in [-0.2, -0.15) is 0 Å². The van der Waals surface area contributed by atoms with Crippen LogP contribution in [0.3, 0.4) is 0 Å². The maximum atomic E-state index is 12.6. The van der Waals surface area contributed by atoms with E-state index in [2.05, 4.69) is 46.3 Å². The van der Waals surface area contributed by atoms with Gasteiger partial charge in [-0.25, -0.2) is 0 Å². The van der Waals surface area contributed by atoms with Gasteiger partial charge in [0, 0.05) is 64.0 Å². The Morgan fingerprint density at radius 1 is 0.941 bits per heavy atom. The van der Waals surface area contributed by atoms with Gasteiger partial charge >= 0.3 is 0 Å². The number of hydrogen-bond donors (Lipinski definition) is 1. The Kier molecular flexibility index (Phi) is 8.41. The number of nitrogens with one attached hydrogen (secondary N) is 1. The summed E-state index contributed by atoms with van der Waals surface area (Å²) in [6.45, 7) is 8.98. The van der Waals surface area contributed by atoms with Crippen LogP contribution in [0.1, 0.15) is 18.4 Å². The molecule has 34 heavy (non-hydrogen) atoms. The molecule has 2 aromatic carbocycles. The van der Waals surface area contributed by atoms with Crippen LogP contribution in [0, 0.1) is 12.8 Å². The van der Waals surface area contributed by atoms with Crippen LogP contribution < -0.4 is 15.0 Å². The number of carbonyl (C=O) groups is 2. The van der Waals surface area contributed by atoms with Crippen molar-refractivity contribution in [3.8, 4) is 5.75 Å². The van der Waals surface area contributed by atoms with Crippen LogP contribution in [0.15, 0.2) is 54.6 Å². The van der Waals surface area contributed by atoms with Crippen molar-refractivity contribution in [2.75, 3.05) is 63.9 Å². The molecule has 7 nitrogen and oxygen atoms in total. The molecule has 0 saturated carbocycles. The number of amides is 2. The zero-order chi connectivity index (χ0) is 23.8. The molecule has 0 spiro atoms. The van der Waals surface area contributed by atoms with Gasteiger partial charge in [0.25, 0.3) is 5.91 Å². The highest BCUT2D eigenvalue weighted by atomic mass is 16.5. The maximum Gasteiger partial charge on any atom is 0.260 e. The topological polar surface area (TPSA) is 65.1 Å². The number of ether oxygens (including phenoxy) is 1. The summed E-state index contributed by atoms with van der Waals surface area (Å²) in [4.78, 5) is 31.7. The molecule has 0 aliphatic carbocycles. The van der Waals surface area contributed by atoms with E-state index in [0.29, 0.717) is 38.2 Å². The second kappa shape index (κ2) is 11.9. The fraction of sp³-hybridized carbons (Fsp3) is 0.481. The third kappa shape index (κ3) is 6.73. The van der Waals surface area contributed by atoms with Crippen LogP contribution in [-0.4, -0.2) is 80.6 Å². The Morgan fingerprint density at radius 3 is 2.38 bits per heavy atom. The van der Waals surface area contributed by atoms with Crippen molar-refractivity contribution in [3.63, 3.8) is 0 Å². The monoisotopic (exact) mass is 464 g/mol. The molecule has 2 saturated heterocycles. The summed E-state index contributed by atoms with van der Waals surface area (Å²) < 4.78 is 5.56. The summed E-state index contributed by atoms with van der Waals surface area (Å²) in [5, 5.41) is 3.12. The summed E-state index contributed by atoms with van der Waals surface area (Å²) >= 11 is 0. The molecule has 2 aliphatic heterocycles. The first kappa shape index (κ1) is 24.1. The summed E-state index contributed by atoms with van der Waals surface area (Å²) in [7, 11) is 0. The molecule has 0 aromatic heterocycles. The van der Waals surface area contributed by atoms with E-state index in [-0.39, 0.29) is 24.3 Å². The number of para-hydroxylation sites is 1. The highest BCUT2D eigenvalue weighted by molar-refractivity contribution is 5.80. The second-order valence-corrected chi connectivity index (χ2v) is 9.22. The summed E-state index contributed by atoms with van der Waals surface area (Å²) in [6, 6.07) is 18.0. The van der Waals surface area contributed by atoms with Gasteiger partial charge in [-0.3, -0.25) is 14.5 Å². The highest BCUT2D eigenvalue weighted by Crippen LogP contribution is 2.19. The van der Waals surface area contributed by atoms with E-state index in [4.69, 9.17) is 4.74 Å². The van der Waals surface area contributed by atoms with E-state index in [0.717, 1.165) is 32.7 Å². The third-order valence-corrected chi connectivity index (χ3v) is 6.79. The van der Waals surface area contributed by atoms with E-state index in [1.807, 2.05) is 30.3 Å². The number of rotatable bonds is 8. The number of carbonyl (C=O) groups excluding carboxylic acids is 2. The highest BCUT2D eigenvalue weighted by Gasteiger charge is 2.27. The maximum absolute atomic E-state index is 12.6. The molecule has 4 rings (SSSR count). The molecule has 2 heterocycles. The van der Waals surface area contributed by atoms with E-state index < -0.39 is 0 Å². The van der Waals surface area contributed by atoms with Crippen LogP contribution in [0.25, 0.3) is 0 Å². The average molecular weight is 465 g/mol. The fourth-order valence-electron chi connectivity index (χ4n) is 4.68. The first-order valence-electron chi connectivity index (χ1n) is 12.4. The predicted molar refractivity (Wildman–Crippen MR) is 134 cm³/mol. The van der Waals surface area contributed by atoms with Gasteiger partial charge in [-0.15, -0.1) is 0 Å². The largest absolute Gasteiger partial charge is 0.484 e. The van der Waals surface area contributed by atoms with E-state index in [1.165, 1.54) is 11.3 Å². The molecule has 2 amide bonds. The first-order chi connectivity index (χ1) is 16.6. The minimum absolute atomic E-state index is 0.0164. The number of piperidine rings is 1. The molecule has 0 radical (unpaired) electrons. The quantitative estimate of drug-likeness (QED) is 0.651. The van der Waals surface area contributed by atoms with Crippen molar-refractivity contribution in [2.24, 2.45) is 5.92 Å². The average Bonchev–Trinajstić information content (AvgIpc) is 2.88. The van der Waals surface area contributed by atoms with E-state index >= 15 is 0 Å². The number of nitrogens with zero attached hydrogens (tertiary/aromatic N) is 3. The van der Waals surface area contributed by atoms with Gasteiger partial charge in [0.05, 0.1) is 0 Å². The van der Waals surface area contributed by atoms with Crippen molar-refractivity contribution >= 4 is 17.5 Å². The molecule has 0 unspecified atom stereocenters. The molecule has 2 aliphatic rings. The van der Waals surface area contributed by atoms with Crippen LogP contribution in [-0.2, 0) is 9.59 Å². The number of hydrogen-bond acceptors (Lipinski definition) is 5. The lowest BCUT2D eigenvalue weighted by Crippen LogP contribution is -2.49. The van der Waals surface area contributed by atoms with E-state index in [9.17, 15) is 9.59 Å². The Hall–Kier alpha value is -3.06. The summed E-state index contributed by atoms with van der Waals surface area (Å²) in [5.74, 6) is 0.775. The molecule has 182 valence electrons. The van der Waals surface area contributed by atoms with Crippen molar-refractivity contribution in [3.05, 3.63) is 60.2 Å². The minimum atomic E-state index is -0.0208. The number of likely N-dealkylation sites (tertiary alicyclic amines) is 1. The standard InChI is InChI=1S/C27H36N4O3/c1-22-6-5-7-24(20-22)30-18-16-29(17-19-30)15-12-28-27(33)23-10-13-31(14-11-23)26(32)21-34-25-8-3-2-4-9-25/h2-9,20,23H,10-19,21H2,1H3,(H,28,33). The lowest BCUT2D eigenvalue weighted by Gasteiger charge is -2.36. The first-order valence-corrected chi connectivity index (χ1v) is 12.4. The number of benzene rings is 2. The van der Waals surface area contributed by atoms with Gasteiger partial charge < -0.3 is 19.9 Å². The minimum Gasteiger partial charge on any atom is -0.484 e. The fourth-order valence-corrected chi connectivity index (χ4v) is 4.68. The second-order valence-electron chi connectivity index (χ2n) is 9.22. The van der Waals surface area contributed by atoms with E-state index in [1.54, 1.807) is 4.90 Å². The molecule has 2 fully saturated rings. The lowest BCUT2D eigenvalue weighted by molar-refractivity contribution is -0.137. The predicted octanol–water partition coefficient (Wildman–Crippen LogP) is 2.55. The molecule has 1 N–H and O–H groups in total. The SMILES string of the molecule is Cc1cccc(N2CCN(CCNC(=O)C3CCN(C(=O)COc4ccccc4)CC3)CC2)c1. The third-order valence-electron chi connectivity index (χ3n) is 6.79. The smallest absolute Gasteiger partial charge is 0.260 e. The van der Waals surface area contributed by atoms with Gasteiger partial charge in [0.1, 0.15) is 5.75 Å². The van der Waals surface area contributed by atoms with Crippen LogP contribution in [0.2, 0.25) is 0 Å². The molecule has 0 atom stereocenters. The van der Waals surface area contributed by atoms with Gasteiger partial charge in [0.15, 0.2) is 6.61 Å². The van der Waals surface area contributed by atoms with Crippen molar-refractivity contribution in [1.29, 1.82) is 0 Å². The molecular weight excluding hydrogens is 428 g/mol. The number of aryl methyl sites for hydroxylation is 1. The van der Waals surface area contributed by atoms with Crippen molar-refractivity contribution in [2.45, 2.75) is 19.8 Å². The Labute approximate surface area is 202 Å². The Balaban J connectivity index is 1.10. The lowest BCUT2D eigenvalue weighted by atomic mass is 9.96. The zero-order valence-electron chi connectivity index (χ0n) is 20.1. The van der Waals surface area contributed by atoms with Crippen LogP contribution >= 0.6 is 0 Å². The zero-order valence-corrected chi connectivity index (χ0v) is 20.1. The molecule has 7 heteroatoms. The van der Waals surface area contributed by atoms with Crippen molar-refractivity contribution in [1.82, 2.24) is 15.1 Å². The number of anilines is 1. The van der Waals surface area contributed by atoms with Gasteiger partial charge in [-0.1, -0.05) is 30.3 Å².